The molecule has 0 saturated carbocycles. The maximum absolute atomic E-state index is 12.5. The molecule has 0 atom stereocenters. The van der Waals surface area contributed by atoms with Crippen LogP contribution in [0.2, 0.25) is 0 Å². The predicted octanol–water partition coefficient (Wildman–Crippen LogP) is 0.751. The molecule has 1 aromatic carbocycles. The van der Waals surface area contributed by atoms with Gasteiger partial charge >= 0.3 is 16.2 Å². The molecule has 1 heterocycles. The minimum atomic E-state index is -3.89. The lowest BCUT2D eigenvalue weighted by Crippen LogP contribution is -2.33. The molecule has 0 radical (unpaired) electrons. The number of rotatable bonds is 5. The molecule has 2 rings (SSSR count). The highest BCUT2D eigenvalue weighted by Gasteiger charge is 2.26. The Bertz CT molecular complexity index is 797. The standard InChI is InChI=1S/C12H16N4O4S/c1-3-7-15(2)21(19,20)16-9-6-4-5-8(11(17)18)10(9)14-12(16)13/h4-6H,3,7H2,1-2H3,(H2,13,14)(H,17,18). The minimum Gasteiger partial charge on any atom is -0.478 e. The average Bonchev–Trinajstić information content (AvgIpc) is 2.74. The third-order valence-corrected chi connectivity index (χ3v) is 4.88. The number of nitrogens with two attached hydrogens (primary N) is 1. The first-order valence-electron chi connectivity index (χ1n) is 6.27. The van der Waals surface area contributed by atoms with Crippen LogP contribution in [0, 0.1) is 0 Å². The molecule has 3 N–H and O–H groups in total. The number of hydrogen-bond acceptors (Lipinski definition) is 5. The Morgan fingerprint density at radius 1 is 1.48 bits per heavy atom. The zero-order valence-electron chi connectivity index (χ0n) is 11.6. The number of carboxylic acids is 1. The Hall–Kier alpha value is -2.13. The van der Waals surface area contributed by atoms with E-state index in [4.69, 9.17) is 10.8 Å². The van der Waals surface area contributed by atoms with Crippen molar-refractivity contribution in [2.75, 3.05) is 19.3 Å². The minimum absolute atomic E-state index is 0.0518. The molecule has 0 aliphatic carbocycles. The summed E-state index contributed by atoms with van der Waals surface area (Å²) in [7, 11) is -2.45. The monoisotopic (exact) mass is 312 g/mol. The lowest BCUT2D eigenvalue weighted by Gasteiger charge is -2.17. The van der Waals surface area contributed by atoms with Gasteiger partial charge in [0.15, 0.2) is 0 Å². The van der Waals surface area contributed by atoms with Crippen molar-refractivity contribution >= 4 is 33.2 Å². The van der Waals surface area contributed by atoms with Gasteiger partial charge in [-0.3, -0.25) is 0 Å². The first-order valence-corrected chi connectivity index (χ1v) is 7.67. The van der Waals surface area contributed by atoms with E-state index in [1.807, 2.05) is 6.92 Å². The Balaban J connectivity index is 2.74. The summed E-state index contributed by atoms with van der Waals surface area (Å²) in [5, 5.41) is 9.13. The average molecular weight is 312 g/mol. The Morgan fingerprint density at radius 3 is 2.71 bits per heavy atom. The van der Waals surface area contributed by atoms with E-state index in [0.717, 1.165) is 8.28 Å². The van der Waals surface area contributed by atoms with Gasteiger partial charge in [-0.15, -0.1) is 0 Å². The molecule has 1 aromatic heterocycles. The molecule has 8 nitrogen and oxygen atoms in total. The van der Waals surface area contributed by atoms with Crippen LogP contribution < -0.4 is 5.73 Å². The molecule has 9 heteroatoms. The number of hydrogen-bond donors (Lipinski definition) is 2. The molecule has 114 valence electrons. The van der Waals surface area contributed by atoms with E-state index in [2.05, 4.69) is 4.98 Å². The van der Waals surface area contributed by atoms with E-state index in [1.54, 1.807) is 0 Å². The van der Waals surface area contributed by atoms with Crippen LogP contribution in [0.1, 0.15) is 23.7 Å². The lowest BCUT2D eigenvalue weighted by atomic mass is 10.2. The summed E-state index contributed by atoms with van der Waals surface area (Å²) in [4.78, 5) is 15.1. The smallest absolute Gasteiger partial charge is 0.337 e. The first kappa shape index (κ1) is 15.3. The SMILES string of the molecule is CCCN(C)S(=O)(=O)n1c(N)nc2c(C(=O)O)cccc21. The van der Waals surface area contributed by atoms with Crippen molar-refractivity contribution in [1.82, 2.24) is 13.3 Å². The largest absolute Gasteiger partial charge is 0.478 e. The van der Waals surface area contributed by atoms with Gasteiger partial charge in [0.25, 0.3) is 0 Å². The molecule has 0 saturated heterocycles. The van der Waals surface area contributed by atoms with Crippen LogP contribution in [0.5, 0.6) is 0 Å². The quantitative estimate of drug-likeness (QED) is 0.841. The van der Waals surface area contributed by atoms with Gasteiger partial charge in [0, 0.05) is 13.6 Å². The van der Waals surface area contributed by atoms with Crippen LogP contribution >= 0.6 is 0 Å². The van der Waals surface area contributed by atoms with Crippen LogP contribution in [0.25, 0.3) is 11.0 Å². The van der Waals surface area contributed by atoms with E-state index in [1.165, 1.54) is 25.2 Å². The van der Waals surface area contributed by atoms with E-state index in [9.17, 15) is 13.2 Å². The summed E-state index contributed by atoms with van der Waals surface area (Å²) >= 11 is 0. The number of carboxylic acid groups (broad SMARTS) is 1. The number of imidazole rings is 1. The van der Waals surface area contributed by atoms with Crippen molar-refractivity contribution < 1.29 is 18.3 Å². The fourth-order valence-electron chi connectivity index (χ4n) is 2.08. The van der Waals surface area contributed by atoms with Crippen molar-refractivity contribution in [3.8, 4) is 0 Å². The summed E-state index contributed by atoms with van der Waals surface area (Å²) in [6.45, 7) is 2.17. The second-order valence-electron chi connectivity index (χ2n) is 4.54. The topological polar surface area (TPSA) is 119 Å². The lowest BCUT2D eigenvalue weighted by molar-refractivity contribution is 0.0699. The number of aromatic carboxylic acids is 1. The van der Waals surface area contributed by atoms with E-state index < -0.39 is 16.2 Å². The van der Waals surface area contributed by atoms with Gasteiger partial charge in [-0.05, 0) is 18.6 Å². The van der Waals surface area contributed by atoms with E-state index >= 15 is 0 Å². The number of nitrogen functional groups attached to an aromatic ring is 1. The summed E-state index contributed by atoms with van der Waals surface area (Å²) < 4.78 is 27.1. The Labute approximate surface area is 122 Å². The van der Waals surface area contributed by atoms with E-state index in [0.29, 0.717) is 13.0 Å². The molecule has 0 spiro atoms. The fourth-order valence-corrected chi connectivity index (χ4v) is 3.45. The molecule has 0 bridgehead atoms. The summed E-state index contributed by atoms with van der Waals surface area (Å²) in [5.74, 6) is -1.45. The van der Waals surface area contributed by atoms with Gasteiger partial charge in [0.2, 0.25) is 5.95 Å². The molecule has 0 aliphatic rings. The summed E-state index contributed by atoms with van der Waals surface area (Å²) in [6, 6.07) is 4.28. The molecule has 2 aromatic rings. The number of anilines is 1. The van der Waals surface area contributed by atoms with Gasteiger partial charge in [0.05, 0.1) is 11.1 Å². The van der Waals surface area contributed by atoms with Crippen LogP contribution in [0.3, 0.4) is 0 Å². The Morgan fingerprint density at radius 2 is 2.14 bits per heavy atom. The summed E-state index contributed by atoms with van der Waals surface area (Å²) in [5.41, 5.74) is 5.80. The fraction of sp³-hybridized carbons (Fsp3) is 0.333. The van der Waals surface area contributed by atoms with Crippen LogP contribution in [-0.2, 0) is 10.2 Å². The van der Waals surface area contributed by atoms with Crippen LogP contribution in [0.4, 0.5) is 5.95 Å². The summed E-state index contributed by atoms with van der Waals surface area (Å²) in [6.07, 6.45) is 0.642. The second kappa shape index (κ2) is 5.34. The molecule has 0 fully saturated rings. The highest BCUT2D eigenvalue weighted by molar-refractivity contribution is 7.87. The number of fused-ring (bicyclic) bond motifs is 1. The zero-order valence-corrected chi connectivity index (χ0v) is 12.5. The molecule has 0 amide bonds. The van der Waals surface area contributed by atoms with Gasteiger partial charge < -0.3 is 10.8 Å². The van der Waals surface area contributed by atoms with Crippen LogP contribution in [-0.4, -0.2) is 46.3 Å². The molecule has 0 aliphatic heterocycles. The maximum Gasteiger partial charge on any atom is 0.337 e. The third kappa shape index (κ3) is 2.45. The van der Waals surface area contributed by atoms with Gasteiger partial charge in [-0.25, -0.2) is 9.78 Å². The maximum atomic E-state index is 12.5. The molecular formula is C12H16N4O4S. The van der Waals surface area contributed by atoms with Gasteiger partial charge in [-0.1, -0.05) is 13.0 Å². The number of nitrogens with zero attached hydrogens (tertiary/aromatic N) is 3. The number of aromatic nitrogens is 2. The van der Waals surface area contributed by atoms with Crippen molar-refractivity contribution in [2.24, 2.45) is 0 Å². The number of benzene rings is 1. The van der Waals surface area contributed by atoms with Crippen molar-refractivity contribution in [3.05, 3.63) is 23.8 Å². The highest BCUT2D eigenvalue weighted by Crippen LogP contribution is 2.24. The van der Waals surface area contributed by atoms with Gasteiger partial charge in [0.1, 0.15) is 5.52 Å². The first-order chi connectivity index (χ1) is 9.80. The van der Waals surface area contributed by atoms with Gasteiger partial charge in [-0.2, -0.15) is 16.7 Å². The predicted molar refractivity (Wildman–Crippen MR) is 78.3 cm³/mol. The van der Waals surface area contributed by atoms with E-state index in [-0.39, 0.29) is 22.5 Å². The number of carbonyl (C=O) groups is 1. The van der Waals surface area contributed by atoms with Crippen molar-refractivity contribution in [1.29, 1.82) is 0 Å². The zero-order chi connectivity index (χ0) is 15.8. The third-order valence-electron chi connectivity index (χ3n) is 3.06. The highest BCUT2D eigenvalue weighted by atomic mass is 32.2. The van der Waals surface area contributed by atoms with Crippen LogP contribution in [0.15, 0.2) is 18.2 Å². The molecule has 0 unspecified atom stereocenters. The molecule has 21 heavy (non-hydrogen) atoms. The Kier molecular flexibility index (Phi) is 3.88. The normalized spacial score (nSPS) is 12.1. The van der Waals surface area contributed by atoms with Crippen molar-refractivity contribution in [3.63, 3.8) is 0 Å². The second-order valence-corrected chi connectivity index (χ2v) is 6.43. The molecular weight excluding hydrogens is 296 g/mol. The number of para-hydroxylation sites is 1. The van der Waals surface area contributed by atoms with Crippen molar-refractivity contribution in [2.45, 2.75) is 13.3 Å².